The van der Waals surface area contributed by atoms with Gasteiger partial charge in [0.25, 0.3) is 0 Å². The summed E-state index contributed by atoms with van der Waals surface area (Å²) in [5.74, 6) is 1.06. The van der Waals surface area contributed by atoms with Gasteiger partial charge in [-0.3, -0.25) is 14.7 Å². The number of imidazole rings is 1. The molecule has 0 amide bonds. The van der Waals surface area contributed by atoms with Gasteiger partial charge in [0.1, 0.15) is 6.57 Å². The van der Waals surface area contributed by atoms with Crippen molar-refractivity contribution < 1.29 is 20.1 Å². The minimum absolute atomic E-state index is 0. The van der Waals surface area contributed by atoms with Crippen LogP contribution in [0.15, 0.2) is 79.3 Å². The second-order valence-electron chi connectivity index (χ2n) is 8.60. The number of hydrogen-bond donors (Lipinski definition) is 0. The molecule has 0 N–H and O–H groups in total. The summed E-state index contributed by atoms with van der Waals surface area (Å²) in [4.78, 5) is 18.9. The number of benzene rings is 3. The zero-order valence-electron chi connectivity index (χ0n) is 20.9. The van der Waals surface area contributed by atoms with E-state index in [4.69, 9.17) is 19.7 Å². The summed E-state index contributed by atoms with van der Waals surface area (Å²) < 4.78 is 2.18. The topological polar surface area (TPSA) is 43.8 Å². The molecule has 0 bridgehead atoms. The third-order valence-corrected chi connectivity index (χ3v) is 6.36. The Balaban J connectivity index is 0.000000210. The number of aryl methyl sites for hydroxylation is 3. The molecule has 2 aromatic heterocycles. The molecule has 0 aliphatic carbocycles. The first-order chi connectivity index (χ1) is 18.6. The molecule has 1 aliphatic rings. The van der Waals surface area contributed by atoms with Crippen LogP contribution >= 0.6 is 0 Å². The van der Waals surface area contributed by atoms with E-state index in [1.807, 2.05) is 67.8 Å². The van der Waals surface area contributed by atoms with Crippen LogP contribution in [0.25, 0.3) is 48.3 Å². The number of rotatable bonds is 2. The smallest absolute Gasteiger partial charge is 0.241 e. The zero-order valence-corrected chi connectivity index (χ0v) is 23.3. The molecule has 0 unspecified atom stereocenters. The Morgan fingerprint density at radius 3 is 2.41 bits per heavy atom. The fraction of sp³-hybridized carbons (Fsp3) is 0.0938. The van der Waals surface area contributed by atoms with Crippen LogP contribution in [0.5, 0.6) is 0 Å². The SMILES string of the molecule is [C-]#[N+]c1c[c-]c(-c2cc(C)c(-c3ccccc3)cn2)c([N+]#[C-])c1[N+]#[C-].[Ir].[c-]1cccc2c1-c1nccn1CC2. The van der Waals surface area contributed by atoms with Crippen LogP contribution in [0, 0.1) is 38.8 Å². The molecule has 6 nitrogen and oxygen atoms in total. The van der Waals surface area contributed by atoms with E-state index >= 15 is 0 Å². The molecule has 0 atom stereocenters. The molecule has 3 aromatic carbocycles. The van der Waals surface area contributed by atoms with Gasteiger partial charge in [0.15, 0.2) is 5.69 Å². The van der Waals surface area contributed by atoms with Crippen molar-refractivity contribution in [2.45, 2.75) is 19.9 Å². The first kappa shape index (κ1) is 27.2. The van der Waals surface area contributed by atoms with Crippen LogP contribution in [0.4, 0.5) is 17.1 Å². The van der Waals surface area contributed by atoms with Crippen LogP contribution in [-0.2, 0) is 33.1 Å². The van der Waals surface area contributed by atoms with Crippen LogP contribution in [-0.4, -0.2) is 14.5 Å². The van der Waals surface area contributed by atoms with E-state index in [-0.39, 0.29) is 37.2 Å². The van der Waals surface area contributed by atoms with Gasteiger partial charge in [0, 0.05) is 50.8 Å². The number of pyridine rings is 1. The van der Waals surface area contributed by atoms with E-state index < -0.39 is 0 Å². The van der Waals surface area contributed by atoms with E-state index in [9.17, 15) is 0 Å². The molecule has 1 radical (unpaired) electrons. The predicted molar refractivity (Wildman–Crippen MR) is 148 cm³/mol. The fourth-order valence-corrected chi connectivity index (χ4v) is 4.48. The molecule has 5 aromatic rings. The Morgan fingerprint density at radius 2 is 1.69 bits per heavy atom. The molecule has 1 aliphatic heterocycles. The summed E-state index contributed by atoms with van der Waals surface area (Å²) >= 11 is 0. The molecule has 0 saturated heterocycles. The van der Waals surface area contributed by atoms with Crippen molar-refractivity contribution >= 4 is 17.1 Å². The quantitative estimate of drug-likeness (QED) is 0.177. The molecule has 7 heteroatoms. The average Bonchev–Trinajstić information content (AvgIpc) is 3.47. The summed E-state index contributed by atoms with van der Waals surface area (Å²) in [5.41, 5.74) is 6.98. The van der Waals surface area contributed by atoms with E-state index in [0.29, 0.717) is 11.3 Å². The van der Waals surface area contributed by atoms with Gasteiger partial charge in [0.2, 0.25) is 11.4 Å². The molecule has 39 heavy (non-hydrogen) atoms. The van der Waals surface area contributed by atoms with E-state index in [0.717, 1.165) is 35.5 Å². The number of aromatic nitrogens is 3. The largest absolute Gasteiger partial charge is 0.371 e. The van der Waals surface area contributed by atoms with Gasteiger partial charge >= 0.3 is 0 Å². The van der Waals surface area contributed by atoms with Gasteiger partial charge in [-0.15, -0.1) is 41.5 Å². The monoisotopic (exact) mass is 681 g/mol. The van der Waals surface area contributed by atoms with Crippen molar-refractivity contribution in [3.8, 4) is 33.8 Å². The van der Waals surface area contributed by atoms with Crippen LogP contribution in [0.3, 0.4) is 0 Å². The van der Waals surface area contributed by atoms with E-state index in [1.54, 1.807) is 6.20 Å². The van der Waals surface area contributed by atoms with Crippen LogP contribution < -0.4 is 0 Å². The maximum Gasteiger partial charge on any atom is 0.241 e. The molecular formula is C32H20IrN6-2. The maximum absolute atomic E-state index is 7.41. The fourth-order valence-electron chi connectivity index (χ4n) is 4.48. The molecule has 0 fully saturated rings. The predicted octanol–water partition coefficient (Wildman–Crippen LogP) is 8.08. The Labute approximate surface area is 241 Å². The summed E-state index contributed by atoms with van der Waals surface area (Å²) in [6, 6.07) is 25.6. The van der Waals surface area contributed by atoms with Crippen molar-refractivity contribution in [1.82, 2.24) is 14.5 Å². The van der Waals surface area contributed by atoms with E-state index in [2.05, 4.69) is 47.3 Å². The third kappa shape index (κ3) is 5.40. The van der Waals surface area contributed by atoms with Gasteiger partial charge in [-0.25, -0.2) is 4.85 Å². The van der Waals surface area contributed by atoms with Crippen molar-refractivity contribution in [3.05, 3.63) is 137 Å². The van der Waals surface area contributed by atoms with Gasteiger partial charge in [-0.2, -0.15) is 0 Å². The Morgan fingerprint density at radius 1 is 0.897 bits per heavy atom. The van der Waals surface area contributed by atoms with E-state index in [1.165, 1.54) is 17.2 Å². The maximum atomic E-state index is 7.41. The van der Waals surface area contributed by atoms with Gasteiger partial charge < -0.3 is 9.55 Å². The number of hydrogen-bond acceptors (Lipinski definition) is 2. The first-order valence-electron chi connectivity index (χ1n) is 11.9. The first-order valence-corrected chi connectivity index (χ1v) is 11.9. The molecule has 0 spiro atoms. The molecule has 189 valence electrons. The Kier molecular flexibility index (Phi) is 8.45. The molecule has 0 saturated carbocycles. The summed E-state index contributed by atoms with van der Waals surface area (Å²) in [6.45, 7) is 24.9. The van der Waals surface area contributed by atoms with Gasteiger partial charge in [-0.05, 0) is 30.2 Å². The molecule has 3 heterocycles. The normalized spacial score (nSPS) is 10.7. The molecular weight excluding hydrogens is 661 g/mol. The molecule has 6 rings (SSSR count). The van der Waals surface area contributed by atoms with Crippen LogP contribution in [0.1, 0.15) is 11.1 Å². The summed E-state index contributed by atoms with van der Waals surface area (Å²) in [5, 5.41) is 0. The number of fused-ring (bicyclic) bond motifs is 3. The van der Waals surface area contributed by atoms with Crippen molar-refractivity contribution in [2.75, 3.05) is 0 Å². The van der Waals surface area contributed by atoms with Crippen molar-refractivity contribution in [3.63, 3.8) is 0 Å². The average molecular weight is 681 g/mol. The van der Waals surface area contributed by atoms with Gasteiger partial charge in [-0.1, -0.05) is 48.0 Å². The number of nitrogens with zero attached hydrogens (tertiary/aromatic N) is 6. The summed E-state index contributed by atoms with van der Waals surface area (Å²) in [7, 11) is 0. The standard InChI is InChI=1S/C21H11N4.C11H9N2.Ir/c1-14-12-19(25-13-17(14)15-8-6-5-7-9-15)16-10-11-18(22-2)21(24-4)20(16)23-3;1-2-4-10-9(3-1)5-7-13-8-6-12-11(10)13;/h5-9,11-13H,1H3;1-3,6,8H,5,7H2;/q2*-1;. The second-order valence-corrected chi connectivity index (χ2v) is 8.60. The minimum Gasteiger partial charge on any atom is -0.371 e. The minimum atomic E-state index is 0. The Bertz CT molecular complexity index is 1770. The summed E-state index contributed by atoms with van der Waals surface area (Å²) in [6.07, 6.45) is 6.74. The third-order valence-electron chi connectivity index (χ3n) is 6.36. The van der Waals surface area contributed by atoms with Crippen LogP contribution in [0.2, 0.25) is 0 Å². The Hall–Kier alpha value is -4.86. The van der Waals surface area contributed by atoms with Crippen molar-refractivity contribution in [2.24, 2.45) is 0 Å². The van der Waals surface area contributed by atoms with Gasteiger partial charge in [0.05, 0.1) is 19.0 Å². The van der Waals surface area contributed by atoms with Crippen molar-refractivity contribution in [1.29, 1.82) is 0 Å². The second kappa shape index (κ2) is 12.1. The zero-order chi connectivity index (χ0) is 26.5.